The number of carbonyl (C=O) groups excluding carboxylic acids is 1. The molecule has 0 spiro atoms. The Balaban J connectivity index is 2.39. The van der Waals surface area contributed by atoms with Crippen molar-refractivity contribution in [3.63, 3.8) is 0 Å². The van der Waals surface area contributed by atoms with Gasteiger partial charge in [0.25, 0.3) is 0 Å². The lowest BCUT2D eigenvalue weighted by Crippen LogP contribution is -2.11. The van der Waals surface area contributed by atoms with E-state index in [2.05, 4.69) is 30.2 Å². The van der Waals surface area contributed by atoms with E-state index < -0.39 is 0 Å². The number of nitrogens with zero attached hydrogens (tertiary/aromatic N) is 1. The molecule has 3 heteroatoms. The van der Waals surface area contributed by atoms with Gasteiger partial charge in [-0.15, -0.1) is 0 Å². The maximum atomic E-state index is 12.2. The molecule has 0 saturated carbocycles. The van der Waals surface area contributed by atoms with Crippen LogP contribution in [0.1, 0.15) is 35.3 Å². The van der Waals surface area contributed by atoms with Crippen LogP contribution in [0.5, 0.6) is 0 Å². The van der Waals surface area contributed by atoms with Gasteiger partial charge in [0.2, 0.25) is 0 Å². The van der Waals surface area contributed by atoms with Crippen LogP contribution in [0, 0.1) is 19.8 Å². The van der Waals surface area contributed by atoms with Crippen molar-refractivity contribution in [2.75, 3.05) is 5.32 Å². The molecule has 0 aliphatic rings. The molecule has 1 heterocycles. The maximum Gasteiger partial charge on any atom is 0.169 e. The predicted octanol–water partition coefficient (Wildman–Crippen LogP) is 4.28. The first-order chi connectivity index (χ1) is 9.50. The van der Waals surface area contributed by atoms with Crippen LogP contribution in [0.3, 0.4) is 0 Å². The molecule has 0 radical (unpaired) electrons. The second-order valence-corrected chi connectivity index (χ2v) is 5.29. The predicted molar refractivity (Wildman–Crippen MR) is 82.6 cm³/mol. The molecule has 1 N–H and O–H groups in total. The number of rotatable bonds is 4. The van der Waals surface area contributed by atoms with E-state index in [1.54, 1.807) is 12.3 Å². The average Bonchev–Trinajstić information content (AvgIpc) is 2.43. The zero-order chi connectivity index (χ0) is 14.7. The molecule has 0 aliphatic carbocycles. The lowest BCUT2D eigenvalue weighted by atomic mass is 10.0. The number of Topliss-reactive ketones (excluding diaryl/α,β-unsaturated/α-hetero) is 1. The number of ketones is 1. The van der Waals surface area contributed by atoms with Gasteiger partial charge in [0.05, 0.1) is 5.56 Å². The van der Waals surface area contributed by atoms with E-state index in [0.29, 0.717) is 11.4 Å². The van der Waals surface area contributed by atoms with Crippen LogP contribution in [0.4, 0.5) is 11.5 Å². The van der Waals surface area contributed by atoms with Gasteiger partial charge >= 0.3 is 0 Å². The molecule has 2 aromatic rings. The van der Waals surface area contributed by atoms with Crippen molar-refractivity contribution < 1.29 is 4.79 Å². The lowest BCUT2D eigenvalue weighted by molar-refractivity contribution is 0.0940. The van der Waals surface area contributed by atoms with Crippen molar-refractivity contribution >= 4 is 17.3 Å². The summed E-state index contributed by atoms with van der Waals surface area (Å²) in [5, 5.41) is 3.29. The highest BCUT2D eigenvalue weighted by Gasteiger charge is 2.16. The molecule has 0 unspecified atom stereocenters. The summed E-state index contributed by atoms with van der Waals surface area (Å²) in [6, 6.07) is 9.68. The van der Waals surface area contributed by atoms with Gasteiger partial charge in [-0.3, -0.25) is 4.79 Å². The second kappa shape index (κ2) is 5.87. The van der Waals surface area contributed by atoms with E-state index >= 15 is 0 Å². The number of hydrogen-bond donors (Lipinski definition) is 1. The topological polar surface area (TPSA) is 42.0 Å². The van der Waals surface area contributed by atoms with Gasteiger partial charge in [-0.1, -0.05) is 26.0 Å². The second-order valence-electron chi connectivity index (χ2n) is 5.29. The molecule has 0 bridgehead atoms. The molecule has 20 heavy (non-hydrogen) atoms. The summed E-state index contributed by atoms with van der Waals surface area (Å²) in [6.07, 6.45) is 1.70. The molecule has 1 aromatic carbocycles. The van der Waals surface area contributed by atoms with Crippen LogP contribution >= 0.6 is 0 Å². The van der Waals surface area contributed by atoms with Gasteiger partial charge in [0.15, 0.2) is 5.78 Å². The molecule has 0 fully saturated rings. The first-order valence-electron chi connectivity index (χ1n) is 6.83. The smallest absolute Gasteiger partial charge is 0.169 e. The number of pyridine rings is 1. The fourth-order valence-electron chi connectivity index (χ4n) is 2.03. The summed E-state index contributed by atoms with van der Waals surface area (Å²) in [7, 11) is 0. The molecule has 0 atom stereocenters. The molecular formula is C17H20N2O. The minimum atomic E-state index is -0.0432. The highest BCUT2D eigenvalue weighted by atomic mass is 16.1. The Hall–Kier alpha value is -2.16. The van der Waals surface area contributed by atoms with Gasteiger partial charge < -0.3 is 5.32 Å². The summed E-state index contributed by atoms with van der Waals surface area (Å²) in [5.74, 6) is 0.684. The van der Waals surface area contributed by atoms with Crippen molar-refractivity contribution in [1.29, 1.82) is 0 Å². The minimum Gasteiger partial charge on any atom is -0.339 e. The molecule has 104 valence electrons. The van der Waals surface area contributed by atoms with E-state index in [4.69, 9.17) is 0 Å². The Morgan fingerprint density at radius 1 is 1.15 bits per heavy atom. The van der Waals surface area contributed by atoms with E-state index in [0.717, 1.165) is 5.69 Å². The average molecular weight is 268 g/mol. The summed E-state index contributed by atoms with van der Waals surface area (Å²) < 4.78 is 0. The number of hydrogen-bond acceptors (Lipinski definition) is 3. The lowest BCUT2D eigenvalue weighted by Gasteiger charge is -2.14. The van der Waals surface area contributed by atoms with Crippen LogP contribution < -0.4 is 5.32 Å². The minimum absolute atomic E-state index is 0.0432. The van der Waals surface area contributed by atoms with E-state index in [1.807, 2.05) is 32.0 Å². The van der Waals surface area contributed by atoms with Gasteiger partial charge in [0, 0.05) is 17.8 Å². The number of anilines is 2. The van der Waals surface area contributed by atoms with Crippen LogP contribution in [0.15, 0.2) is 36.5 Å². The van der Waals surface area contributed by atoms with Crippen LogP contribution in [-0.4, -0.2) is 10.8 Å². The van der Waals surface area contributed by atoms with Crippen LogP contribution in [0.2, 0.25) is 0 Å². The van der Waals surface area contributed by atoms with Crippen molar-refractivity contribution in [1.82, 2.24) is 4.98 Å². The molecule has 1 aromatic heterocycles. The Morgan fingerprint density at radius 3 is 2.60 bits per heavy atom. The Kier molecular flexibility index (Phi) is 4.18. The third-order valence-corrected chi connectivity index (χ3v) is 3.46. The highest BCUT2D eigenvalue weighted by molar-refractivity contribution is 6.02. The van der Waals surface area contributed by atoms with Crippen molar-refractivity contribution in [2.24, 2.45) is 5.92 Å². The normalized spacial score (nSPS) is 10.7. The van der Waals surface area contributed by atoms with E-state index in [-0.39, 0.29) is 11.7 Å². The van der Waals surface area contributed by atoms with E-state index in [1.165, 1.54) is 11.1 Å². The highest BCUT2D eigenvalue weighted by Crippen LogP contribution is 2.24. The third-order valence-electron chi connectivity index (χ3n) is 3.46. The zero-order valence-corrected chi connectivity index (χ0v) is 12.4. The van der Waals surface area contributed by atoms with Crippen LogP contribution in [-0.2, 0) is 0 Å². The SMILES string of the molecule is Cc1cccc(Nc2ncccc2C(=O)C(C)C)c1C. The maximum absolute atomic E-state index is 12.2. The Labute approximate surface area is 120 Å². The first-order valence-corrected chi connectivity index (χ1v) is 6.83. The summed E-state index contributed by atoms with van der Waals surface area (Å²) in [6.45, 7) is 7.93. The van der Waals surface area contributed by atoms with Crippen molar-refractivity contribution in [3.8, 4) is 0 Å². The molecule has 0 saturated heterocycles. The molecule has 2 rings (SSSR count). The molecule has 0 amide bonds. The van der Waals surface area contributed by atoms with Crippen molar-refractivity contribution in [3.05, 3.63) is 53.2 Å². The summed E-state index contributed by atoms with van der Waals surface area (Å²) >= 11 is 0. The third kappa shape index (κ3) is 2.87. The number of aryl methyl sites for hydroxylation is 1. The molecule has 3 nitrogen and oxygen atoms in total. The monoisotopic (exact) mass is 268 g/mol. The fraction of sp³-hybridized carbons (Fsp3) is 0.294. The summed E-state index contributed by atoms with van der Waals surface area (Å²) in [4.78, 5) is 16.5. The van der Waals surface area contributed by atoms with Gasteiger partial charge in [-0.25, -0.2) is 4.98 Å². The van der Waals surface area contributed by atoms with Crippen LogP contribution in [0.25, 0.3) is 0 Å². The first kappa shape index (κ1) is 14.3. The van der Waals surface area contributed by atoms with Gasteiger partial charge in [0.1, 0.15) is 5.82 Å². The molecule has 0 aliphatic heterocycles. The number of nitrogens with one attached hydrogen (secondary N) is 1. The number of aromatic nitrogens is 1. The number of benzene rings is 1. The standard InChI is InChI=1S/C17H20N2O/c1-11(2)16(20)14-8-6-10-18-17(14)19-15-9-5-7-12(3)13(15)4/h5-11H,1-4H3,(H,18,19). The fourth-order valence-corrected chi connectivity index (χ4v) is 2.03. The van der Waals surface area contributed by atoms with Gasteiger partial charge in [-0.05, 0) is 43.2 Å². The summed E-state index contributed by atoms with van der Waals surface area (Å²) in [5.41, 5.74) is 4.01. The number of carbonyl (C=O) groups is 1. The molecular weight excluding hydrogens is 248 g/mol. The largest absolute Gasteiger partial charge is 0.339 e. The van der Waals surface area contributed by atoms with Gasteiger partial charge in [-0.2, -0.15) is 0 Å². The quantitative estimate of drug-likeness (QED) is 0.841. The zero-order valence-electron chi connectivity index (χ0n) is 12.4. The Morgan fingerprint density at radius 2 is 1.90 bits per heavy atom. The van der Waals surface area contributed by atoms with Crippen molar-refractivity contribution in [2.45, 2.75) is 27.7 Å². The Bertz CT molecular complexity index is 633. The van der Waals surface area contributed by atoms with E-state index in [9.17, 15) is 4.79 Å².